The highest BCUT2D eigenvalue weighted by Gasteiger charge is 2.44. The van der Waals surface area contributed by atoms with Crippen molar-refractivity contribution in [2.75, 3.05) is 5.32 Å². The molecule has 2 atom stereocenters. The van der Waals surface area contributed by atoms with Crippen molar-refractivity contribution in [3.63, 3.8) is 0 Å². The van der Waals surface area contributed by atoms with E-state index in [0.29, 0.717) is 40.6 Å². The molecular formula is C23H26N4O4S. The van der Waals surface area contributed by atoms with Gasteiger partial charge in [0.05, 0.1) is 16.4 Å². The zero-order valence-corrected chi connectivity index (χ0v) is 19.3. The number of aromatic nitrogens is 2. The molecule has 1 aliphatic carbocycles. The molecule has 9 heteroatoms. The molecule has 0 saturated carbocycles. The number of carbonyl (C=O) groups excluding carboxylic acids is 1. The van der Waals surface area contributed by atoms with Crippen molar-refractivity contribution in [1.82, 2.24) is 9.97 Å². The number of para-hydroxylation sites is 1. The van der Waals surface area contributed by atoms with Crippen LogP contribution in [0.4, 0.5) is 11.5 Å². The fraction of sp³-hybridized carbons (Fsp3) is 0.435. The van der Waals surface area contributed by atoms with E-state index in [-0.39, 0.29) is 33.3 Å². The molecule has 2 N–H and O–H groups in total. The Morgan fingerprint density at radius 2 is 2.00 bits per heavy atom. The molecule has 2 unspecified atom stereocenters. The Morgan fingerprint density at radius 1 is 1.28 bits per heavy atom. The van der Waals surface area contributed by atoms with Crippen molar-refractivity contribution in [2.24, 2.45) is 5.41 Å². The zero-order chi connectivity index (χ0) is 23.2. The average molecular weight is 455 g/mol. The molecule has 0 fully saturated rings. The van der Waals surface area contributed by atoms with Gasteiger partial charge in [0.1, 0.15) is 5.82 Å². The number of hydrogen-bond donors (Lipinski definition) is 2. The van der Waals surface area contributed by atoms with Crippen LogP contribution in [0.2, 0.25) is 0 Å². The number of Topliss-reactive ketones (excluding diaryl/α,β-unsaturated/α-hetero) is 1. The van der Waals surface area contributed by atoms with Crippen molar-refractivity contribution in [3.8, 4) is 0 Å². The van der Waals surface area contributed by atoms with Crippen LogP contribution < -0.4 is 10.9 Å². The first-order valence-electron chi connectivity index (χ1n) is 10.7. The third-order valence-corrected chi connectivity index (χ3v) is 7.18. The van der Waals surface area contributed by atoms with E-state index in [1.165, 1.54) is 17.8 Å². The first-order valence-corrected chi connectivity index (χ1v) is 11.6. The van der Waals surface area contributed by atoms with Gasteiger partial charge in [0.25, 0.3) is 11.2 Å². The maximum absolute atomic E-state index is 13.3. The van der Waals surface area contributed by atoms with Gasteiger partial charge in [-0.15, -0.1) is 0 Å². The molecule has 8 nitrogen and oxygen atoms in total. The van der Waals surface area contributed by atoms with Gasteiger partial charge in [-0.25, -0.2) is 4.98 Å². The van der Waals surface area contributed by atoms with E-state index in [2.05, 4.69) is 29.1 Å². The van der Waals surface area contributed by atoms with Crippen LogP contribution in [0.3, 0.4) is 0 Å². The number of nitro benzene ring substituents is 1. The van der Waals surface area contributed by atoms with E-state index < -0.39 is 10.8 Å². The van der Waals surface area contributed by atoms with Gasteiger partial charge < -0.3 is 10.3 Å². The number of rotatable bonds is 5. The van der Waals surface area contributed by atoms with E-state index in [0.717, 1.165) is 6.42 Å². The van der Waals surface area contributed by atoms with Crippen molar-refractivity contribution in [2.45, 2.75) is 63.3 Å². The number of anilines is 1. The third kappa shape index (κ3) is 3.97. The minimum absolute atomic E-state index is 0.102. The summed E-state index contributed by atoms with van der Waals surface area (Å²) in [6, 6.07) is 6.30. The number of ketones is 1. The predicted molar refractivity (Wildman–Crippen MR) is 124 cm³/mol. The minimum atomic E-state index is -0.842. The summed E-state index contributed by atoms with van der Waals surface area (Å²) < 4.78 is 0. The molecule has 1 aromatic carbocycles. The number of carbonyl (C=O) groups is 1. The number of thioether (sulfide) groups is 1. The van der Waals surface area contributed by atoms with Gasteiger partial charge in [0, 0.05) is 34.6 Å². The number of aromatic amines is 1. The van der Waals surface area contributed by atoms with Gasteiger partial charge in [-0.2, -0.15) is 0 Å². The lowest BCUT2D eigenvalue weighted by Gasteiger charge is -2.38. The molecule has 1 aromatic heterocycles. The van der Waals surface area contributed by atoms with Crippen molar-refractivity contribution in [1.29, 1.82) is 0 Å². The maximum Gasteiger partial charge on any atom is 0.273 e. The quantitative estimate of drug-likeness (QED) is 0.289. The molecule has 1 aliphatic heterocycles. The summed E-state index contributed by atoms with van der Waals surface area (Å²) in [5.41, 5.74) is 0.937. The first-order chi connectivity index (χ1) is 15.1. The molecule has 2 aliphatic rings. The van der Waals surface area contributed by atoms with Gasteiger partial charge in [-0.05, 0) is 18.3 Å². The summed E-state index contributed by atoms with van der Waals surface area (Å²) in [6.07, 6.45) is 1.82. The summed E-state index contributed by atoms with van der Waals surface area (Å²) in [7, 11) is 0. The molecular weight excluding hydrogens is 428 g/mol. The number of allylic oxidation sites excluding steroid dienone is 2. The van der Waals surface area contributed by atoms with Gasteiger partial charge in [-0.3, -0.25) is 19.7 Å². The largest absolute Gasteiger partial charge is 0.343 e. The fourth-order valence-electron chi connectivity index (χ4n) is 4.43. The highest BCUT2D eigenvalue weighted by Crippen LogP contribution is 2.49. The zero-order valence-electron chi connectivity index (χ0n) is 18.5. The number of fused-ring (bicyclic) bond motifs is 1. The van der Waals surface area contributed by atoms with Crippen LogP contribution in [0.5, 0.6) is 0 Å². The average Bonchev–Trinajstić information content (AvgIpc) is 2.71. The van der Waals surface area contributed by atoms with E-state index in [9.17, 15) is 19.7 Å². The molecule has 0 saturated heterocycles. The van der Waals surface area contributed by atoms with Gasteiger partial charge >= 0.3 is 0 Å². The molecule has 32 heavy (non-hydrogen) atoms. The topological polar surface area (TPSA) is 118 Å². The Hall–Kier alpha value is -2.94. The molecule has 0 amide bonds. The molecule has 0 radical (unpaired) electrons. The first kappa shape index (κ1) is 22.3. The minimum Gasteiger partial charge on any atom is -0.343 e. The summed E-state index contributed by atoms with van der Waals surface area (Å²) in [6.45, 7) is 8.14. The van der Waals surface area contributed by atoms with Crippen LogP contribution in [0.25, 0.3) is 0 Å². The van der Waals surface area contributed by atoms with Crippen molar-refractivity contribution < 1.29 is 9.72 Å². The van der Waals surface area contributed by atoms with Crippen LogP contribution >= 0.6 is 11.8 Å². The number of hydrogen-bond acceptors (Lipinski definition) is 7. The van der Waals surface area contributed by atoms with E-state index >= 15 is 0 Å². The summed E-state index contributed by atoms with van der Waals surface area (Å²) in [4.78, 5) is 45.4. The second-order valence-electron chi connectivity index (χ2n) is 9.18. The normalized spacial score (nSPS) is 20.2. The second-order valence-corrected chi connectivity index (χ2v) is 10.6. The van der Waals surface area contributed by atoms with Crippen LogP contribution in [-0.4, -0.2) is 25.9 Å². The molecule has 2 aromatic rings. The SMILES string of the molecule is CCC(C)Sc1nc2c(c(=O)[nH]1)C(c1ccccc1[N+](=O)[O-])C1=C(CC(C)(C)CC1=O)N2. The smallest absolute Gasteiger partial charge is 0.273 e. The molecule has 2 heterocycles. The van der Waals surface area contributed by atoms with Gasteiger partial charge in [0.15, 0.2) is 10.9 Å². The van der Waals surface area contributed by atoms with Crippen LogP contribution in [-0.2, 0) is 4.79 Å². The Balaban J connectivity index is 1.97. The molecule has 0 bridgehead atoms. The van der Waals surface area contributed by atoms with E-state index in [1.54, 1.807) is 18.2 Å². The Kier molecular flexibility index (Phi) is 5.70. The van der Waals surface area contributed by atoms with Crippen LogP contribution in [0, 0.1) is 15.5 Å². The Labute approximate surface area is 190 Å². The Morgan fingerprint density at radius 3 is 2.69 bits per heavy atom. The highest BCUT2D eigenvalue weighted by molar-refractivity contribution is 7.99. The Bertz CT molecular complexity index is 1200. The summed E-state index contributed by atoms with van der Waals surface area (Å²) in [5.74, 6) is -0.577. The molecule has 168 valence electrons. The van der Waals surface area contributed by atoms with Crippen LogP contribution in [0.1, 0.15) is 64.0 Å². The molecule has 4 rings (SSSR count). The number of nitrogens with zero attached hydrogens (tertiary/aromatic N) is 2. The summed E-state index contributed by atoms with van der Waals surface area (Å²) in [5, 5.41) is 15.8. The van der Waals surface area contributed by atoms with Gasteiger partial charge in [0.2, 0.25) is 0 Å². The lowest BCUT2D eigenvalue weighted by molar-refractivity contribution is -0.385. The maximum atomic E-state index is 13.3. The monoisotopic (exact) mass is 454 g/mol. The number of benzene rings is 1. The second kappa shape index (κ2) is 8.20. The van der Waals surface area contributed by atoms with Crippen molar-refractivity contribution in [3.05, 3.63) is 67.1 Å². The lowest BCUT2D eigenvalue weighted by Crippen LogP contribution is -2.37. The van der Waals surface area contributed by atoms with Crippen molar-refractivity contribution >= 4 is 29.1 Å². The number of nitro groups is 1. The number of nitrogens with one attached hydrogen (secondary N) is 2. The van der Waals surface area contributed by atoms with E-state index in [4.69, 9.17) is 0 Å². The lowest BCUT2D eigenvalue weighted by atomic mass is 9.69. The standard InChI is InChI=1S/C23H26N4O4S/c1-5-12(2)32-22-25-20-19(21(29)26-22)17(13-8-6-7-9-15(13)27(30)31)18-14(24-20)10-23(3,4)11-16(18)28/h6-9,12,17H,5,10-11H2,1-4H3,(H2,24,25,26,29). The number of H-pyrrole nitrogens is 1. The summed E-state index contributed by atoms with van der Waals surface area (Å²) >= 11 is 1.47. The third-order valence-electron chi connectivity index (χ3n) is 6.03. The molecule has 0 spiro atoms. The fourth-order valence-corrected chi connectivity index (χ4v) is 5.28. The predicted octanol–water partition coefficient (Wildman–Crippen LogP) is 4.77. The van der Waals surface area contributed by atoms with Gasteiger partial charge in [-0.1, -0.05) is 57.7 Å². The van der Waals surface area contributed by atoms with E-state index in [1.807, 2.05) is 13.8 Å². The highest BCUT2D eigenvalue weighted by atomic mass is 32.2. The van der Waals surface area contributed by atoms with Crippen LogP contribution in [0.15, 0.2) is 45.5 Å².